The van der Waals surface area contributed by atoms with Crippen LogP contribution >= 0.6 is 0 Å². The molecule has 1 aliphatic heterocycles. The van der Waals surface area contributed by atoms with Crippen molar-refractivity contribution in [3.05, 3.63) is 70.8 Å². The minimum Gasteiger partial charge on any atom is -0.334 e. The summed E-state index contributed by atoms with van der Waals surface area (Å²) < 4.78 is 68.2. The lowest BCUT2D eigenvalue weighted by molar-refractivity contribution is -0.137. The van der Waals surface area contributed by atoms with Crippen LogP contribution in [0.15, 0.2) is 48.5 Å². The lowest BCUT2D eigenvalue weighted by Gasteiger charge is -2.30. The van der Waals surface area contributed by atoms with E-state index in [1.54, 1.807) is 4.90 Å². The maximum atomic E-state index is 14.2. The quantitative estimate of drug-likeness (QED) is 0.366. The van der Waals surface area contributed by atoms with Crippen LogP contribution in [0.3, 0.4) is 0 Å². The Bertz CT molecular complexity index is 1050. The van der Waals surface area contributed by atoms with Gasteiger partial charge in [-0.1, -0.05) is 37.3 Å². The van der Waals surface area contributed by atoms with Gasteiger partial charge in [0.2, 0.25) is 0 Å². The second-order valence-corrected chi connectivity index (χ2v) is 10.6. The summed E-state index contributed by atoms with van der Waals surface area (Å²) in [5, 5.41) is 2.64. The number of hydrogen-bond acceptors (Lipinski definition) is 1. The van der Waals surface area contributed by atoms with Gasteiger partial charge in [-0.2, -0.15) is 13.2 Å². The average Bonchev–Trinajstić information content (AvgIpc) is 3.36. The summed E-state index contributed by atoms with van der Waals surface area (Å²) >= 11 is 0. The highest BCUT2D eigenvalue weighted by Gasteiger charge is 2.36. The van der Waals surface area contributed by atoms with Crippen molar-refractivity contribution >= 4 is 6.03 Å². The summed E-state index contributed by atoms with van der Waals surface area (Å²) in [5.74, 6) is -1.69. The van der Waals surface area contributed by atoms with Gasteiger partial charge in [0.25, 0.3) is 5.92 Å². The number of hydrogen-bond donors (Lipinski definition) is 1. The molecule has 2 fully saturated rings. The molecule has 202 valence electrons. The minimum absolute atomic E-state index is 0.0113. The minimum atomic E-state index is -4.75. The standard InChI is InChI=1S/C29H35F5N2O/c1-2-28(30,31)25-15-22(16-26(17-25)29(32,33)34)18-35-27(37)36-13-12-21(19-36)14-20-8-10-24(11-9-20)23-6-4-3-5-7-23/h3-7,15-17,20-21,24H,2,8-14,18-19H2,1H3,(H,35,37). The molecular formula is C29H35F5N2O. The first kappa shape index (κ1) is 27.4. The average molecular weight is 523 g/mol. The number of benzene rings is 2. The molecule has 0 bridgehead atoms. The number of rotatable bonds is 7. The molecule has 37 heavy (non-hydrogen) atoms. The maximum Gasteiger partial charge on any atom is 0.416 e. The molecule has 2 aromatic carbocycles. The van der Waals surface area contributed by atoms with E-state index in [1.165, 1.54) is 38.2 Å². The molecule has 1 N–H and O–H groups in total. The van der Waals surface area contributed by atoms with E-state index >= 15 is 0 Å². The number of halogens is 5. The fourth-order valence-electron chi connectivity index (χ4n) is 5.80. The number of nitrogens with zero attached hydrogens (tertiary/aromatic N) is 1. The Morgan fingerprint density at radius 1 is 0.919 bits per heavy atom. The predicted octanol–water partition coefficient (Wildman–Crippen LogP) is 8.10. The highest BCUT2D eigenvalue weighted by Crippen LogP contribution is 2.40. The normalized spacial score (nSPS) is 22.8. The molecule has 8 heteroatoms. The van der Waals surface area contributed by atoms with Crippen LogP contribution in [0, 0.1) is 11.8 Å². The van der Waals surface area contributed by atoms with Crippen molar-refractivity contribution in [3.8, 4) is 0 Å². The van der Waals surface area contributed by atoms with Crippen LogP contribution in [-0.2, 0) is 18.6 Å². The van der Waals surface area contributed by atoms with Crippen molar-refractivity contribution in [1.82, 2.24) is 10.2 Å². The molecule has 0 aromatic heterocycles. The van der Waals surface area contributed by atoms with E-state index < -0.39 is 29.6 Å². The van der Waals surface area contributed by atoms with E-state index in [4.69, 9.17) is 0 Å². The molecule has 2 aromatic rings. The van der Waals surface area contributed by atoms with Crippen molar-refractivity contribution in [3.63, 3.8) is 0 Å². The third-order valence-electron chi connectivity index (χ3n) is 7.99. The van der Waals surface area contributed by atoms with E-state index in [9.17, 15) is 26.7 Å². The zero-order chi connectivity index (χ0) is 26.6. The van der Waals surface area contributed by atoms with Gasteiger partial charge in [-0.15, -0.1) is 0 Å². The predicted molar refractivity (Wildman–Crippen MR) is 133 cm³/mol. The van der Waals surface area contributed by atoms with Crippen LogP contribution < -0.4 is 5.32 Å². The number of amides is 2. The third-order valence-corrected chi connectivity index (χ3v) is 7.99. The first-order valence-corrected chi connectivity index (χ1v) is 13.2. The van der Waals surface area contributed by atoms with Gasteiger partial charge in [-0.25, -0.2) is 13.6 Å². The molecule has 4 rings (SSSR count). The van der Waals surface area contributed by atoms with Gasteiger partial charge >= 0.3 is 12.2 Å². The van der Waals surface area contributed by atoms with Crippen molar-refractivity contribution in [2.45, 2.75) is 76.4 Å². The van der Waals surface area contributed by atoms with Crippen LogP contribution in [-0.4, -0.2) is 24.0 Å². The van der Waals surface area contributed by atoms with E-state index in [0.717, 1.165) is 25.0 Å². The Kier molecular flexibility index (Phi) is 8.44. The third kappa shape index (κ3) is 7.02. The lowest BCUT2D eigenvalue weighted by atomic mass is 9.75. The molecule has 2 aliphatic rings. The molecule has 2 amide bonds. The first-order valence-electron chi connectivity index (χ1n) is 13.2. The first-order chi connectivity index (χ1) is 17.5. The van der Waals surface area contributed by atoms with Crippen LogP contribution in [0.25, 0.3) is 0 Å². The van der Waals surface area contributed by atoms with Crippen molar-refractivity contribution in [1.29, 1.82) is 0 Å². The van der Waals surface area contributed by atoms with E-state index in [1.807, 2.05) is 6.07 Å². The molecule has 0 spiro atoms. The largest absolute Gasteiger partial charge is 0.416 e. The van der Waals surface area contributed by atoms with Crippen LogP contribution in [0.1, 0.15) is 80.0 Å². The van der Waals surface area contributed by atoms with Gasteiger partial charge in [-0.05, 0) is 85.6 Å². The van der Waals surface area contributed by atoms with Crippen molar-refractivity contribution in [2.24, 2.45) is 11.8 Å². The molecule has 1 saturated heterocycles. The van der Waals surface area contributed by atoms with E-state index in [-0.39, 0.29) is 18.1 Å². The molecule has 1 atom stereocenters. The molecule has 1 saturated carbocycles. The highest BCUT2D eigenvalue weighted by molar-refractivity contribution is 5.74. The number of alkyl halides is 5. The Balaban J connectivity index is 1.28. The number of nitrogens with one attached hydrogen (secondary N) is 1. The fraction of sp³-hybridized carbons (Fsp3) is 0.552. The van der Waals surface area contributed by atoms with Gasteiger partial charge in [0, 0.05) is 31.6 Å². The zero-order valence-electron chi connectivity index (χ0n) is 21.2. The molecule has 1 aliphatic carbocycles. The lowest BCUT2D eigenvalue weighted by Crippen LogP contribution is -2.38. The van der Waals surface area contributed by atoms with Crippen LogP contribution in [0.2, 0.25) is 0 Å². The Hall–Kier alpha value is -2.64. The second kappa shape index (κ2) is 11.4. The Morgan fingerprint density at radius 3 is 2.24 bits per heavy atom. The zero-order valence-corrected chi connectivity index (χ0v) is 21.2. The molecule has 3 nitrogen and oxygen atoms in total. The number of urea groups is 1. The number of carbonyl (C=O) groups is 1. The van der Waals surface area contributed by atoms with Crippen LogP contribution in [0.5, 0.6) is 0 Å². The molecule has 1 heterocycles. The molecular weight excluding hydrogens is 487 g/mol. The molecule has 0 radical (unpaired) electrons. The van der Waals surface area contributed by atoms with Gasteiger partial charge in [0.15, 0.2) is 0 Å². The maximum absolute atomic E-state index is 14.2. The monoisotopic (exact) mass is 522 g/mol. The van der Waals surface area contributed by atoms with E-state index in [0.29, 0.717) is 36.9 Å². The van der Waals surface area contributed by atoms with Crippen molar-refractivity contribution < 1.29 is 26.7 Å². The smallest absolute Gasteiger partial charge is 0.334 e. The number of carbonyl (C=O) groups excluding carboxylic acids is 1. The Labute approximate surface area is 215 Å². The van der Waals surface area contributed by atoms with Gasteiger partial charge in [0.05, 0.1) is 5.56 Å². The van der Waals surface area contributed by atoms with Gasteiger partial charge in [-0.3, -0.25) is 0 Å². The molecule has 1 unspecified atom stereocenters. The van der Waals surface area contributed by atoms with E-state index in [2.05, 4.69) is 29.6 Å². The fourth-order valence-corrected chi connectivity index (χ4v) is 5.80. The topological polar surface area (TPSA) is 32.3 Å². The summed E-state index contributed by atoms with van der Waals surface area (Å²) in [7, 11) is 0. The van der Waals surface area contributed by atoms with Gasteiger partial charge in [0.1, 0.15) is 0 Å². The van der Waals surface area contributed by atoms with Crippen LogP contribution in [0.4, 0.5) is 26.7 Å². The summed E-state index contributed by atoms with van der Waals surface area (Å²) in [6.45, 7) is 2.20. The van der Waals surface area contributed by atoms with Gasteiger partial charge < -0.3 is 10.2 Å². The highest BCUT2D eigenvalue weighted by atomic mass is 19.4. The van der Waals surface area contributed by atoms with Crippen molar-refractivity contribution in [2.75, 3.05) is 13.1 Å². The number of likely N-dealkylation sites (tertiary alicyclic amines) is 1. The summed E-state index contributed by atoms with van der Waals surface area (Å²) in [5.41, 5.74) is -0.393. The second-order valence-electron chi connectivity index (χ2n) is 10.6. The Morgan fingerprint density at radius 2 is 1.59 bits per heavy atom. The summed E-state index contributed by atoms with van der Waals surface area (Å²) in [4.78, 5) is 14.4. The SMILES string of the molecule is CCC(F)(F)c1cc(CNC(=O)N2CCC(CC3CCC(c4ccccc4)CC3)C2)cc(C(F)(F)F)c1. The summed E-state index contributed by atoms with van der Waals surface area (Å²) in [6.07, 6.45) is 1.36. The summed E-state index contributed by atoms with van der Waals surface area (Å²) in [6, 6.07) is 12.6.